The molecule has 1 saturated carbocycles. The SMILES string of the molecule is CO[C@H]1CCC[C@H](C(=O)N2CCC(n3nnc4ccccc4c3=O)CC2)C1. The largest absolute Gasteiger partial charge is 0.381 e. The Morgan fingerprint density at radius 1 is 1.15 bits per heavy atom. The van der Waals surface area contributed by atoms with Crippen LogP contribution in [0.15, 0.2) is 29.1 Å². The van der Waals surface area contributed by atoms with Crippen LogP contribution in [0.1, 0.15) is 44.6 Å². The Hall–Kier alpha value is -2.28. The fourth-order valence-corrected chi connectivity index (χ4v) is 4.41. The molecule has 1 saturated heterocycles. The number of benzene rings is 1. The molecular formula is C20H26N4O3. The van der Waals surface area contributed by atoms with Gasteiger partial charge in [0.1, 0.15) is 5.52 Å². The molecule has 1 amide bonds. The molecule has 27 heavy (non-hydrogen) atoms. The normalized spacial score (nSPS) is 24.3. The van der Waals surface area contributed by atoms with Crippen LogP contribution >= 0.6 is 0 Å². The number of fused-ring (bicyclic) bond motifs is 1. The number of carbonyl (C=O) groups excluding carboxylic acids is 1. The van der Waals surface area contributed by atoms with Gasteiger partial charge in [0, 0.05) is 26.1 Å². The molecule has 2 fully saturated rings. The molecule has 0 radical (unpaired) electrons. The molecule has 1 aliphatic heterocycles. The maximum Gasteiger partial charge on any atom is 0.277 e. The molecular weight excluding hydrogens is 344 g/mol. The highest BCUT2D eigenvalue weighted by atomic mass is 16.5. The summed E-state index contributed by atoms with van der Waals surface area (Å²) in [6, 6.07) is 7.28. The second kappa shape index (κ2) is 7.76. The fraction of sp³-hybridized carbons (Fsp3) is 0.600. The standard InChI is InChI=1S/C20H26N4O3/c1-27-16-6-4-5-14(13-16)19(25)23-11-9-15(10-12-23)24-20(26)17-7-2-3-8-18(17)21-22-24/h2-3,7-8,14-16H,4-6,9-13H2,1H3/t14-,16-/m0/s1. The highest BCUT2D eigenvalue weighted by Crippen LogP contribution is 2.29. The summed E-state index contributed by atoms with van der Waals surface area (Å²) in [5, 5.41) is 8.92. The van der Waals surface area contributed by atoms with Crippen LogP contribution in [-0.4, -0.2) is 52.1 Å². The Morgan fingerprint density at radius 3 is 2.70 bits per heavy atom. The summed E-state index contributed by atoms with van der Waals surface area (Å²) in [4.78, 5) is 27.6. The summed E-state index contributed by atoms with van der Waals surface area (Å²) in [6.45, 7) is 1.33. The second-order valence-electron chi connectivity index (χ2n) is 7.63. The van der Waals surface area contributed by atoms with Crippen molar-refractivity contribution in [3.8, 4) is 0 Å². The van der Waals surface area contributed by atoms with Crippen LogP contribution in [-0.2, 0) is 9.53 Å². The van der Waals surface area contributed by atoms with Gasteiger partial charge < -0.3 is 9.64 Å². The van der Waals surface area contributed by atoms with Crippen LogP contribution in [0, 0.1) is 5.92 Å². The molecule has 0 spiro atoms. The first kappa shape index (κ1) is 18.1. The smallest absolute Gasteiger partial charge is 0.277 e. The van der Waals surface area contributed by atoms with E-state index >= 15 is 0 Å². The van der Waals surface area contributed by atoms with Crippen molar-refractivity contribution in [3.05, 3.63) is 34.6 Å². The van der Waals surface area contributed by atoms with Crippen LogP contribution in [0.2, 0.25) is 0 Å². The number of amides is 1. The first-order chi connectivity index (χ1) is 13.2. The highest BCUT2D eigenvalue weighted by molar-refractivity contribution is 5.79. The number of piperidine rings is 1. The number of aromatic nitrogens is 3. The lowest BCUT2D eigenvalue weighted by molar-refractivity contribution is -0.139. The number of hydrogen-bond acceptors (Lipinski definition) is 5. The number of hydrogen-bond donors (Lipinski definition) is 0. The maximum atomic E-state index is 12.9. The van der Waals surface area contributed by atoms with Gasteiger partial charge in [-0.2, -0.15) is 0 Å². The minimum absolute atomic E-state index is 0.00302. The van der Waals surface area contributed by atoms with Crippen LogP contribution in [0.4, 0.5) is 0 Å². The molecule has 2 aromatic rings. The summed E-state index contributed by atoms with van der Waals surface area (Å²) >= 11 is 0. The molecule has 0 bridgehead atoms. The lowest BCUT2D eigenvalue weighted by atomic mass is 9.85. The maximum absolute atomic E-state index is 12.9. The average Bonchev–Trinajstić information content (AvgIpc) is 2.74. The van der Waals surface area contributed by atoms with Gasteiger partial charge in [-0.3, -0.25) is 9.59 Å². The molecule has 7 heteroatoms. The zero-order valence-corrected chi connectivity index (χ0v) is 15.7. The van der Waals surface area contributed by atoms with Crippen molar-refractivity contribution >= 4 is 16.8 Å². The fourth-order valence-electron chi connectivity index (χ4n) is 4.41. The molecule has 1 aromatic heterocycles. The predicted octanol–water partition coefficient (Wildman–Crippen LogP) is 2.16. The van der Waals surface area contributed by atoms with Gasteiger partial charge in [-0.05, 0) is 44.2 Å². The van der Waals surface area contributed by atoms with E-state index in [1.54, 1.807) is 19.2 Å². The third-order valence-electron chi connectivity index (χ3n) is 6.02. The Bertz CT molecular complexity index is 873. The van der Waals surface area contributed by atoms with E-state index in [1.165, 1.54) is 4.68 Å². The van der Waals surface area contributed by atoms with Crippen molar-refractivity contribution in [2.24, 2.45) is 5.92 Å². The number of carbonyl (C=O) groups is 1. The highest BCUT2D eigenvalue weighted by Gasteiger charge is 2.33. The lowest BCUT2D eigenvalue weighted by Crippen LogP contribution is -2.45. The molecule has 7 nitrogen and oxygen atoms in total. The zero-order valence-electron chi connectivity index (χ0n) is 15.7. The Balaban J connectivity index is 1.42. The Kier molecular flexibility index (Phi) is 5.20. The predicted molar refractivity (Wildman–Crippen MR) is 101 cm³/mol. The molecule has 0 N–H and O–H groups in total. The van der Waals surface area contributed by atoms with E-state index in [0.717, 1.165) is 38.5 Å². The monoisotopic (exact) mass is 370 g/mol. The molecule has 4 rings (SSSR count). The Morgan fingerprint density at radius 2 is 1.93 bits per heavy atom. The quantitative estimate of drug-likeness (QED) is 0.827. The van der Waals surface area contributed by atoms with Crippen molar-refractivity contribution < 1.29 is 9.53 Å². The van der Waals surface area contributed by atoms with E-state index < -0.39 is 0 Å². The van der Waals surface area contributed by atoms with Gasteiger partial charge >= 0.3 is 0 Å². The van der Waals surface area contributed by atoms with Gasteiger partial charge in [0.15, 0.2) is 0 Å². The van der Waals surface area contributed by atoms with Gasteiger partial charge in [0.05, 0.1) is 17.5 Å². The summed E-state index contributed by atoms with van der Waals surface area (Å²) < 4.78 is 6.96. The summed E-state index contributed by atoms with van der Waals surface area (Å²) in [5.41, 5.74) is 0.525. The number of nitrogens with zero attached hydrogens (tertiary/aromatic N) is 4. The van der Waals surface area contributed by atoms with Crippen molar-refractivity contribution in [1.29, 1.82) is 0 Å². The molecule has 1 aromatic carbocycles. The van der Waals surface area contributed by atoms with Gasteiger partial charge in [-0.15, -0.1) is 5.10 Å². The Labute approximate surface area is 158 Å². The van der Waals surface area contributed by atoms with Crippen molar-refractivity contribution in [1.82, 2.24) is 19.9 Å². The summed E-state index contributed by atoms with van der Waals surface area (Å²) in [5.74, 6) is 0.315. The first-order valence-electron chi connectivity index (χ1n) is 9.83. The summed E-state index contributed by atoms with van der Waals surface area (Å²) in [6.07, 6.45) is 5.55. The van der Waals surface area contributed by atoms with Crippen LogP contribution in [0.5, 0.6) is 0 Å². The van der Waals surface area contributed by atoms with Crippen molar-refractivity contribution in [2.45, 2.75) is 50.7 Å². The number of rotatable bonds is 3. The van der Waals surface area contributed by atoms with Crippen molar-refractivity contribution in [2.75, 3.05) is 20.2 Å². The lowest BCUT2D eigenvalue weighted by Gasteiger charge is -2.36. The second-order valence-corrected chi connectivity index (χ2v) is 7.63. The van der Waals surface area contributed by atoms with E-state index in [1.807, 2.05) is 17.0 Å². The van der Waals surface area contributed by atoms with Crippen LogP contribution < -0.4 is 5.56 Å². The zero-order chi connectivity index (χ0) is 18.8. The summed E-state index contributed by atoms with van der Waals surface area (Å²) in [7, 11) is 1.73. The van der Waals surface area contributed by atoms with E-state index in [2.05, 4.69) is 10.3 Å². The van der Waals surface area contributed by atoms with Gasteiger partial charge in [-0.1, -0.05) is 23.8 Å². The molecule has 2 heterocycles. The van der Waals surface area contributed by atoms with Crippen LogP contribution in [0.3, 0.4) is 0 Å². The van der Waals surface area contributed by atoms with Gasteiger partial charge in [0.2, 0.25) is 5.91 Å². The van der Waals surface area contributed by atoms with Gasteiger partial charge in [-0.25, -0.2) is 4.68 Å². The van der Waals surface area contributed by atoms with E-state index in [0.29, 0.717) is 24.0 Å². The molecule has 2 aliphatic rings. The minimum atomic E-state index is -0.0967. The minimum Gasteiger partial charge on any atom is -0.381 e. The molecule has 2 atom stereocenters. The van der Waals surface area contributed by atoms with Crippen LogP contribution in [0.25, 0.3) is 10.9 Å². The third-order valence-corrected chi connectivity index (χ3v) is 6.02. The third kappa shape index (κ3) is 3.60. The van der Waals surface area contributed by atoms with E-state index in [4.69, 9.17) is 4.74 Å². The first-order valence-corrected chi connectivity index (χ1v) is 9.83. The van der Waals surface area contributed by atoms with E-state index in [-0.39, 0.29) is 29.5 Å². The molecule has 0 unspecified atom stereocenters. The number of likely N-dealkylation sites (tertiary alicyclic amines) is 1. The average molecular weight is 370 g/mol. The van der Waals surface area contributed by atoms with E-state index in [9.17, 15) is 9.59 Å². The molecule has 144 valence electrons. The number of methoxy groups -OCH3 is 1. The topological polar surface area (TPSA) is 77.3 Å². The number of ether oxygens (including phenoxy) is 1. The van der Waals surface area contributed by atoms with Crippen molar-refractivity contribution in [3.63, 3.8) is 0 Å². The molecule has 1 aliphatic carbocycles. The van der Waals surface area contributed by atoms with Gasteiger partial charge in [0.25, 0.3) is 5.56 Å².